The van der Waals surface area contributed by atoms with Gasteiger partial charge in [-0.2, -0.15) is 0 Å². The number of aryl methyl sites for hydroxylation is 4. The third-order valence-corrected chi connectivity index (χ3v) is 8.30. The monoisotopic (exact) mass is 630 g/mol. The number of hydrogen-bond donors (Lipinski definition) is 0. The molecular weight excluding hydrogens is 588 g/mol. The van der Waals surface area contributed by atoms with E-state index in [0.717, 1.165) is 56.9 Å². The van der Waals surface area contributed by atoms with Crippen LogP contribution in [0, 0.1) is 27.7 Å². The summed E-state index contributed by atoms with van der Waals surface area (Å²) in [5, 5.41) is 0. The van der Waals surface area contributed by atoms with Gasteiger partial charge in [-0.25, -0.2) is 9.59 Å². The van der Waals surface area contributed by atoms with Crippen molar-refractivity contribution in [1.29, 1.82) is 0 Å². The maximum atomic E-state index is 11.7. The molecule has 0 heterocycles. The van der Waals surface area contributed by atoms with Gasteiger partial charge in [0.1, 0.15) is 37.9 Å². The Hall–Kier alpha value is -5.10. The fraction of sp³-hybridized carbons (Fsp3) is 0.268. The second-order valence-corrected chi connectivity index (χ2v) is 12.3. The molecule has 0 amide bonds. The summed E-state index contributed by atoms with van der Waals surface area (Å²) >= 11 is 0. The van der Waals surface area contributed by atoms with Crippen LogP contribution in [0.1, 0.15) is 47.2 Å². The van der Waals surface area contributed by atoms with Gasteiger partial charge in [0.25, 0.3) is 0 Å². The highest BCUT2D eigenvalue weighted by molar-refractivity contribution is 5.92. The maximum absolute atomic E-state index is 11.7. The van der Waals surface area contributed by atoms with Crippen LogP contribution in [0.5, 0.6) is 11.5 Å². The molecule has 6 heteroatoms. The predicted octanol–water partition coefficient (Wildman–Crippen LogP) is 8.82. The first-order valence-electron chi connectivity index (χ1n) is 15.8. The summed E-state index contributed by atoms with van der Waals surface area (Å²) in [6.07, 6.45) is 0.891. The SMILES string of the molecule is C=C(C)C(=O)OCCOc1c(C)cc(-c2ccc3c(c2)-c2c(cccc2-c2cc(C)c(OCCOC(=O)C(=C)C)c(C)c2)C3)cc1C. The Balaban J connectivity index is 1.38. The van der Waals surface area contributed by atoms with Gasteiger partial charge in [-0.15, -0.1) is 0 Å². The van der Waals surface area contributed by atoms with Gasteiger partial charge in [0.15, 0.2) is 0 Å². The highest BCUT2D eigenvalue weighted by Gasteiger charge is 2.23. The number of esters is 2. The Labute approximate surface area is 277 Å². The number of benzene rings is 4. The van der Waals surface area contributed by atoms with E-state index in [9.17, 15) is 9.59 Å². The molecular formula is C41H42O6. The van der Waals surface area contributed by atoms with Gasteiger partial charge in [0, 0.05) is 11.1 Å². The number of carbonyl (C=O) groups is 2. The molecule has 0 bridgehead atoms. The van der Waals surface area contributed by atoms with Crippen molar-refractivity contribution in [3.8, 4) is 44.9 Å². The lowest BCUT2D eigenvalue weighted by atomic mass is 9.90. The van der Waals surface area contributed by atoms with Crippen LogP contribution in [0.15, 0.2) is 85.0 Å². The summed E-state index contributed by atoms with van der Waals surface area (Å²) < 4.78 is 22.4. The largest absolute Gasteiger partial charge is 0.489 e. The fourth-order valence-electron chi connectivity index (χ4n) is 6.13. The van der Waals surface area contributed by atoms with Crippen LogP contribution in [-0.2, 0) is 25.5 Å². The Kier molecular flexibility index (Phi) is 10.00. The van der Waals surface area contributed by atoms with E-state index in [1.807, 2.05) is 27.7 Å². The first-order valence-corrected chi connectivity index (χ1v) is 15.8. The molecule has 0 aliphatic heterocycles. The molecule has 0 saturated heterocycles. The molecule has 242 valence electrons. The van der Waals surface area contributed by atoms with Crippen molar-refractivity contribution >= 4 is 11.9 Å². The minimum Gasteiger partial charge on any atom is -0.489 e. The van der Waals surface area contributed by atoms with Crippen molar-refractivity contribution in [2.75, 3.05) is 26.4 Å². The third-order valence-electron chi connectivity index (χ3n) is 8.30. The summed E-state index contributed by atoms with van der Waals surface area (Å²) in [6.45, 7) is 19.5. The zero-order valence-electron chi connectivity index (χ0n) is 28.2. The van der Waals surface area contributed by atoms with Crippen LogP contribution < -0.4 is 9.47 Å². The minimum atomic E-state index is -0.411. The molecule has 0 atom stereocenters. The quantitative estimate of drug-likeness (QED) is 0.0780. The van der Waals surface area contributed by atoms with Crippen molar-refractivity contribution in [1.82, 2.24) is 0 Å². The molecule has 0 saturated carbocycles. The van der Waals surface area contributed by atoms with Crippen molar-refractivity contribution in [2.24, 2.45) is 0 Å². The second kappa shape index (κ2) is 14.1. The van der Waals surface area contributed by atoms with Crippen LogP contribution >= 0.6 is 0 Å². The summed E-state index contributed by atoms with van der Waals surface area (Å²) in [4.78, 5) is 23.4. The van der Waals surface area contributed by atoms with E-state index < -0.39 is 11.9 Å². The topological polar surface area (TPSA) is 71.1 Å². The summed E-state index contributed by atoms with van der Waals surface area (Å²) in [5.41, 5.74) is 14.6. The first kappa shape index (κ1) is 33.3. The molecule has 4 aromatic rings. The second-order valence-electron chi connectivity index (χ2n) is 12.3. The molecule has 0 N–H and O–H groups in total. The van der Waals surface area contributed by atoms with Crippen LogP contribution in [0.2, 0.25) is 0 Å². The lowest BCUT2D eigenvalue weighted by Crippen LogP contribution is -2.13. The summed E-state index contributed by atoms with van der Waals surface area (Å²) in [5.74, 6) is 0.790. The van der Waals surface area contributed by atoms with Gasteiger partial charge in [0.2, 0.25) is 0 Å². The van der Waals surface area contributed by atoms with E-state index in [1.54, 1.807) is 13.8 Å². The number of carbonyl (C=O) groups excluding carboxylic acids is 2. The molecule has 0 spiro atoms. The number of rotatable bonds is 12. The Morgan fingerprint density at radius 3 is 1.62 bits per heavy atom. The van der Waals surface area contributed by atoms with E-state index in [4.69, 9.17) is 18.9 Å². The van der Waals surface area contributed by atoms with E-state index in [2.05, 4.69) is 73.8 Å². The molecule has 5 rings (SSSR count). The van der Waals surface area contributed by atoms with Crippen molar-refractivity contribution in [2.45, 2.75) is 48.0 Å². The smallest absolute Gasteiger partial charge is 0.333 e. The highest BCUT2D eigenvalue weighted by Crippen LogP contribution is 2.45. The predicted molar refractivity (Wildman–Crippen MR) is 187 cm³/mol. The van der Waals surface area contributed by atoms with Crippen molar-refractivity contribution in [3.63, 3.8) is 0 Å². The number of fused-ring (bicyclic) bond motifs is 3. The standard InChI is InChI=1S/C41H42O6/c1-24(2)40(42)46-16-14-44-38-26(5)18-33(19-27(38)6)30-12-13-31-22-32-10-9-11-35(37(32)36(31)23-30)34-20-28(7)39(29(8)21-34)45-15-17-47-41(43)25(3)4/h9-13,18-21,23H,1,3,14-17,22H2,2,4-8H3. The summed E-state index contributed by atoms with van der Waals surface area (Å²) in [7, 11) is 0. The molecule has 1 aliphatic carbocycles. The molecule has 6 nitrogen and oxygen atoms in total. The van der Waals surface area contributed by atoms with Gasteiger partial charge in [-0.1, -0.05) is 43.5 Å². The zero-order chi connectivity index (χ0) is 33.8. The third kappa shape index (κ3) is 7.33. The molecule has 0 radical (unpaired) electrons. The molecule has 4 aromatic carbocycles. The van der Waals surface area contributed by atoms with Gasteiger partial charge in [-0.05, 0) is 145 Å². The summed E-state index contributed by atoms with van der Waals surface area (Å²) in [6, 6.07) is 21.9. The normalized spacial score (nSPS) is 11.4. The lowest BCUT2D eigenvalue weighted by molar-refractivity contribution is -0.140. The van der Waals surface area contributed by atoms with Gasteiger partial charge in [0.05, 0.1) is 0 Å². The van der Waals surface area contributed by atoms with E-state index >= 15 is 0 Å². The van der Waals surface area contributed by atoms with E-state index in [0.29, 0.717) is 11.1 Å². The van der Waals surface area contributed by atoms with Crippen LogP contribution in [-0.4, -0.2) is 38.4 Å². The fourth-order valence-corrected chi connectivity index (χ4v) is 6.13. The van der Waals surface area contributed by atoms with Crippen LogP contribution in [0.25, 0.3) is 33.4 Å². The van der Waals surface area contributed by atoms with E-state index in [-0.39, 0.29) is 26.4 Å². The molecule has 0 fully saturated rings. The van der Waals surface area contributed by atoms with Crippen molar-refractivity contribution in [3.05, 3.63) is 118 Å². The number of ether oxygens (including phenoxy) is 4. The van der Waals surface area contributed by atoms with Crippen LogP contribution in [0.4, 0.5) is 0 Å². The molecule has 0 aromatic heterocycles. The van der Waals surface area contributed by atoms with Gasteiger partial charge < -0.3 is 18.9 Å². The Morgan fingerprint density at radius 1 is 0.596 bits per heavy atom. The average Bonchev–Trinajstić information content (AvgIpc) is 3.41. The van der Waals surface area contributed by atoms with Crippen molar-refractivity contribution < 1.29 is 28.5 Å². The first-order chi connectivity index (χ1) is 22.4. The maximum Gasteiger partial charge on any atom is 0.333 e. The average molecular weight is 631 g/mol. The number of hydrogen-bond acceptors (Lipinski definition) is 6. The molecule has 47 heavy (non-hydrogen) atoms. The minimum absolute atomic E-state index is 0.166. The van der Waals surface area contributed by atoms with E-state index in [1.165, 1.54) is 27.8 Å². The van der Waals surface area contributed by atoms with Gasteiger partial charge >= 0.3 is 11.9 Å². The zero-order valence-corrected chi connectivity index (χ0v) is 28.2. The lowest BCUT2D eigenvalue weighted by Gasteiger charge is -2.17. The van der Waals surface area contributed by atoms with Gasteiger partial charge in [-0.3, -0.25) is 0 Å². The highest BCUT2D eigenvalue weighted by atomic mass is 16.6. The van der Waals surface area contributed by atoms with Crippen LogP contribution in [0.3, 0.4) is 0 Å². The Morgan fingerprint density at radius 2 is 1.11 bits per heavy atom. The molecule has 0 unspecified atom stereocenters. The molecule has 1 aliphatic rings. The Bertz CT molecular complexity index is 1850.